The number of imidazole rings is 1. The summed E-state index contributed by atoms with van der Waals surface area (Å²) < 4.78 is 14.3. The normalized spacial score (nSPS) is 14.0. The first-order valence-corrected chi connectivity index (χ1v) is 6.97. The zero-order valence-corrected chi connectivity index (χ0v) is 12.3. The van der Waals surface area contributed by atoms with Gasteiger partial charge >= 0.3 is 0 Å². The second-order valence-electron chi connectivity index (χ2n) is 5.04. The first-order valence-electron chi connectivity index (χ1n) is 6.97. The van der Waals surface area contributed by atoms with Crippen LogP contribution < -0.4 is 5.73 Å². The summed E-state index contributed by atoms with van der Waals surface area (Å²) >= 11 is 0. The van der Waals surface area contributed by atoms with E-state index in [1.165, 1.54) is 12.5 Å². The van der Waals surface area contributed by atoms with Crippen molar-refractivity contribution in [2.75, 3.05) is 5.73 Å². The third-order valence-electron chi connectivity index (χ3n) is 3.53. The van der Waals surface area contributed by atoms with E-state index < -0.39 is 6.29 Å². The Morgan fingerprint density at radius 3 is 2.70 bits per heavy atom. The lowest BCUT2D eigenvalue weighted by atomic mass is 10.1. The van der Waals surface area contributed by atoms with Crippen LogP contribution in [0.4, 0.5) is 5.95 Å². The molecule has 0 saturated heterocycles. The summed E-state index contributed by atoms with van der Waals surface area (Å²) in [6, 6.07) is 3.81. The molecule has 0 aliphatic carbocycles. The Hall–Kier alpha value is -3.29. The molecule has 116 valence electrons. The highest BCUT2D eigenvalue weighted by atomic mass is 16.7. The summed E-state index contributed by atoms with van der Waals surface area (Å²) in [5.41, 5.74) is 8.31. The summed E-state index contributed by atoms with van der Waals surface area (Å²) in [5.74, 6) is 1.01. The summed E-state index contributed by atoms with van der Waals surface area (Å²) in [5, 5.41) is 4.20. The van der Waals surface area contributed by atoms with Crippen LogP contribution in [0.1, 0.15) is 12.0 Å². The van der Waals surface area contributed by atoms with E-state index in [1.54, 1.807) is 27.8 Å². The second kappa shape index (κ2) is 5.16. The van der Waals surface area contributed by atoms with Crippen LogP contribution in [-0.2, 0) is 16.5 Å². The Labute approximate surface area is 131 Å². The molecule has 4 rings (SSSR count). The van der Waals surface area contributed by atoms with Gasteiger partial charge in [-0.3, -0.25) is 9.25 Å². The van der Waals surface area contributed by atoms with Crippen LogP contribution in [-0.4, -0.2) is 24.3 Å². The molecule has 8 heteroatoms. The number of nitrogen functional groups attached to an aromatic ring is 1. The van der Waals surface area contributed by atoms with Crippen LogP contribution in [0, 0.1) is 0 Å². The molecule has 1 aliphatic heterocycles. The average molecular weight is 310 g/mol. The minimum absolute atomic E-state index is 0.365. The van der Waals surface area contributed by atoms with Crippen LogP contribution in [0.5, 0.6) is 0 Å². The third-order valence-corrected chi connectivity index (χ3v) is 3.53. The van der Waals surface area contributed by atoms with E-state index >= 15 is 0 Å². The monoisotopic (exact) mass is 310 g/mol. The van der Waals surface area contributed by atoms with E-state index in [9.17, 15) is 0 Å². The van der Waals surface area contributed by atoms with Gasteiger partial charge in [0.15, 0.2) is 0 Å². The average Bonchev–Trinajstić information content (AvgIpc) is 3.28. The van der Waals surface area contributed by atoms with Gasteiger partial charge in [-0.1, -0.05) is 0 Å². The first-order chi connectivity index (χ1) is 11.2. The van der Waals surface area contributed by atoms with Gasteiger partial charge in [-0.15, -0.1) is 0 Å². The molecular formula is C15H14N6O2. The van der Waals surface area contributed by atoms with Crippen molar-refractivity contribution < 1.29 is 9.47 Å². The highest BCUT2D eigenvalue weighted by Crippen LogP contribution is 2.32. The summed E-state index contributed by atoms with van der Waals surface area (Å²) in [6.45, 7) is 0. The van der Waals surface area contributed by atoms with E-state index in [-0.39, 0.29) is 0 Å². The molecule has 0 spiro atoms. The molecule has 0 amide bonds. The van der Waals surface area contributed by atoms with Crippen molar-refractivity contribution in [1.29, 1.82) is 0 Å². The van der Waals surface area contributed by atoms with Crippen molar-refractivity contribution in [3.05, 3.63) is 55.1 Å². The number of hydrogen-bond donors (Lipinski definition) is 1. The first kappa shape index (κ1) is 13.4. The number of anilines is 1. The Bertz CT molecular complexity index is 874. The molecule has 0 fully saturated rings. The van der Waals surface area contributed by atoms with Crippen LogP contribution in [0.15, 0.2) is 49.4 Å². The molecule has 0 bridgehead atoms. The zero-order chi connectivity index (χ0) is 15.8. The molecule has 1 aliphatic rings. The standard InChI is InChI=1S/C15H14N6O2/c1-20-9-10(8-18-20)11-2-3-12(21-5-4-17-15(21)16)19-13(11)14-22-6-7-23-14/h2-9,14H,1H3,(H2,16,17). The number of ether oxygens (including phenoxy) is 2. The molecule has 23 heavy (non-hydrogen) atoms. The predicted octanol–water partition coefficient (Wildman–Crippen LogP) is 1.77. The number of aromatic nitrogens is 5. The van der Waals surface area contributed by atoms with Crippen molar-refractivity contribution in [3.63, 3.8) is 0 Å². The highest BCUT2D eigenvalue weighted by molar-refractivity contribution is 5.66. The Morgan fingerprint density at radius 2 is 2.04 bits per heavy atom. The topological polar surface area (TPSA) is 93.0 Å². The van der Waals surface area contributed by atoms with E-state index in [4.69, 9.17) is 15.2 Å². The fraction of sp³-hybridized carbons (Fsp3) is 0.133. The van der Waals surface area contributed by atoms with Gasteiger partial charge in [0.05, 0.1) is 6.20 Å². The van der Waals surface area contributed by atoms with Gasteiger partial charge < -0.3 is 15.2 Å². The van der Waals surface area contributed by atoms with Gasteiger partial charge in [-0.25, -0.2) is 9.97 Å². The van der Waals surface area contributed by atoms with Gasteiger partial charge in [0.2, 0.25) is 5.95 Å². The number of hydrogen-bond acceptors (Lipinski definition) is 6. The largest absolute Gasteiger partial charge is 0.454 e. The fourth-order valence-corrected chi connectivity index (χ4v) is 2.46. The predicted molar refractivity (Wildman–Crippen MR) is 82.0 cm³/mol. The van der Waals surface area contributed by atoms with E-state index in [2.05, 4.69) is 15.1 Å². The Morgan fingerprint density at radius 1 is 1.22 bits per heavy atom. The van der Waals surface area contributed by atoms with Gasteiger partial charge in [0, 0.05) is 36.8 Å². The highest BCUT2D eigenvalue weighted by Gasteiger charge is 2.23. The summed E-state index contributed by atoms with van der Waals surface area (Å²) in [7, 11) is 1.86. The van der Waals surface area contributed by atoms with Gasteiger partial charge in [-0.2, -0.15) is 5.10 Å². The summed E-state index contributed by atoms with van der Waals surface area (Å²) in [6.07, 6.45) is 9.45. The molecule has 8 nitrogen and oxygen atoms in total. The maximum atomic E-state index is 5.85. The molecule has 3 aromatic heterocycles. The molecular weight excluding hydrogens is 296 g/mol. The molecule has 0 radical (unpaired) electrons. The lowest BCUT2D eigenvalue weighted by Gasteiger charge is -2.15. The van der Waals surface area contributed by atoms with Crippen molar-refractivity contribution in [3.8, 4) is 16.9 Å². The van der Waals surface area contributed by atoms with Crippen molar-refractivity contribution >= 4 is 5.95 Å². The molecule has 3 aromatic rings. The molecule has 0 saturated carbocycles. The van der Waals surface area contributed by atoms with Crippen LogP contribution >= 0.6 is 0 Å². The fourth-order valence-electron chi connectivity index (χ4n) is 2.46. The van der Waals surface area contributed by atoms with Crippen LogP contribution in [0.3, 0.4) is 0 Å². The van der Waals surface area contributed by atoms with Crippen molar-refractivity contribution in [2.24, 2.45) is 7.05 Å². The third kappa shape index (κ3) is 2.30. The number of aryl methyl sites for hydroxylation is 1. The molecule has 4 heterocycles. The molecule has 0 aromatic carbocycles. The van der Waals surface area contributed by atoms with Crippen LogP contribution in [0.2, 0.25) is 0 Å². The van der Waals surface area contributed by atoms with Crippen molar-refractivity contribution in [2.45, 2.75) is 6.29 Å². The van der Waals surface area contributed by atoms with Crippen molar-refractivity contribution in [1.82, 2.24) is 24.3 Å². The van der Waals surface area contributed by atoms with Gasteiger partial charge in [-0.05, 0) is 12.1 Å². The van der Waals surface area contributed by atoms with E-state index in [1.807, 2.05) is 25.4 Å². The Balaban J connectivity index is 1.84. The van der Waals surface area contributed by atoms with E-state index in [0.29, 0.717) is 17.5 Å². The second-order valence-corrected chi connectivity index (χ2v) is 5.04. The number of rotatable bonds is 3. The van der Waals surface area contributed by atoms with Gasteiger partial charge in [0.1, 0.15) is 24.0 Å². The Kier molecular flexibility index (Phi) is 3.00. The maximum Gasteiger partial charge on any atom is 0.284 e. The zero-order valence-electron chi connectivity index (χ0n) is 12.3. The van der Waals surface area contributed by atoms with Gasteiger partial charge in [0.25, 0.3) is 6.29 Å². The quantitative estimate of drug-likeness (QED) is 0.792. The minimum atomic E-state index is -0.602. The number of pyridine rings is 1. The molecule has 0 unspecified atom stereocenters. The molecule has 2 N–H and O–H groups in total. The van der Waals surface area contributed by atoms with Crippen LogP contribution in [0.25, 0.3) is 16.9 Å². The van der Waals surface area contributed by atoms with E-state index in [0.717, 1.165) is 11.1 Å². The number of nitrogens with zero attached hydrogens (tertiary/aromatic N) is 5. The SMILES string of the molecule is Cn1cc(-c2ccc(-n3ccnc3N)nc2C2OC=CO2)cn1. The smallest absolute Gasteiger partial charge is 0.284 e. The number of nitrogens with two attached hydrogens (primary N) is 1. The minimum Gasteiger partial charge on any atom is -0.454 e. The molecule has 0 atom stereocenters. The maximum absolute atomic E-state index is 5.85. The lowest BCUT2D eigenvalue weighted by Crippen LogP contribution is -2.08. The summed E-state index contributed by atoms with van der Waals surface area (Å²) in [4.78, 5) is 8.68. The lowest BCUT2D eigenvalue weighted by molar-refractivity contribution is -0.0274.